The molecule has 1 aromatic rings. The van der Waals surface area contributed by atoms with Gasteiger partial charge in [-0.15, -0.1) is 0 Å². The van der Waals surface area contributed by atoms with Gasteiger partial charge in [-0.2, -0.15) is 13.2 Å². The van der Waals surface area contributed by atoms with Crippen molar-refractivity contribution in [3.05, 3.63) is 42.2 Å². The van der Waals surface area contributed by atoms with Crippen molar-refractivity contribution in [1.82, 2.24) is 10.3 Å². The molecule has 0 bridgehead atoms. The van der Waals surface area contributed by atoms with Crippen LogP contribution in [0.2, 0.25) is 0 Å². The Morgan fingerprint density at radius 1 is 1.42 bits per heavy atom. The first-order chi connectivity index (χ1) is 11.0. The van der Waals surface area contributed by atoms with Crippen molar-refractivity contribution in [2.45, 2.75) is 38.0 Å². The molecule has 0 unspecified atom stereocenters. The Hall–Kier alpha value is -2.12. The first-order valence-corrected chi connectivity index (χ1v) is 7.23. The molecule has 1 aliphatic carbocycles. The van der Waals surface area contributed by atoms with Crippen molar-refractivity contribution < 1.29 is 26.7 Å². The fourth-order valence-corrected chi connectivity index (χ4v) is 2.14. The van der Waals surface area contributed by atoms with Crippen molar-refractivity contribution in [2.75, 3.05) is 6.54 Å². The standard InChI is InChI=1S/C16H17F5N2O/c1-10(5-11(2)23-9-16(19,20)21)12-3-4-14(22-8-12)24-13-6-15(17,18)7-13/h3-5,8,13,23H,1,6-7,9H2,2H3/b11-5+. The van der Waals surface area contributed by atoms with Crippen LogP contribution in [0, 0.1) is 0 Å². The molecular weight excluding hydrogens is 331 g/mol. The van der Waals surface area contributed by atoms with E-state index in [2.05, 4.69) is 16.9 Å². The molecule has 1 aromatic heterocycles. The summed E-state index contributed by atoms with van der Waals surface area (Å²) < 4.78 is 67.1. The Bertz CT molecular complexity index is 614. The van der Waals surface area contributed by atoms with Crippen LogP contribution >= 0.6 is 0 Å². The van der Waals surface area contributed by atoms with Crippen molar-refractivity contribution >= 4 is 5.57 Å². The van der Waals surface area contributed by atoms with Gasteiger partial charge in [0.1, 0.15) is 12.6 Å². The van der Waals surface area contributed by atoms with Gasteiger partial charge in [0.15, 0.2) is 0 Å². The molecule has 0 aromatic carbocycles. The molecule has 1 aliphatic rings. The zero-order chi connectivity index (χ0) is 18.0. The summed E-state index contributed by atoms with van der Waals surface area (Å²) in [6, 6.07) is 3.14. The number of nitrogens with zero attached hydrogens (tertiary/aromatic N) is 1. The van der Waals surface area contributed by atoms with E-state index in [1.54, 1.807) is 6.07 Å². The van der Waals surface area contributed by atoms with Crippen LogP contribution in [0.3, 0.4) is 0 Å². The number of nitrogens with one attached hydrogen (secondary N) is 1. The van der Waals surface area contributed by atoms with Crippen molar-refractivity contribution in [3.8, 4) is 5.88 Å². The third-order valence-corrected chi connectivity index (χ3v) is 3.41. The van der Waals surface area contributed by atoms with E-state index in [0.29, 0.717) is 16.8 Å². The summed E-state index contributed by atoms with van der Waals surface area (Å²) in [6.45, 7) is 4.14. The molecule has 24 heavy (non-hydrogen) atoms. The highest BCUT2D eigenvalue weighted by atomic mass is 19.4. The highest BCUT2D eigenvalue weighted by molar-refractivity contribution is 5.72. The second-order valence-corrected chi connectivity index (χ2v) is 5.71. The van der Waals surface area contributed by atoms with Gasteiger partial charge < -0.3 is 10.1 Å². The number of pyridine rings is 1. The molecule has 1 saturated carbocycles. The van der Waals surface area contributed by atoms with Crippen LogP contribution in [0.5, 0.6) is 5.88 Å². The average Bonchev–Trinajstić information content (AvgIpc) is 2.43. The number of hydrogen-bond acceptors (Lipinski definition) is 3. The largest absolute Gasteiger partial charge is 0.474 e. The normalized spacial score (nSPS) is 18.0. The molecule has 3 nitrogen and oxygen atoms in total. The molecule has 2 rings (SSSR count). The van der Waals surface area contributed by atoms with Gasteiger partial charge >= 0.3 is 6.18 Å². The molecular formula is C16H17F5N2O. The van der Waals surface area contributed by atoms with Crippen LogP contribution in [0.25, 0.3) is 5.57 Å². The Labute approximate surface area is 136 Å². The number of halogens is 5. The number of aromatic nitrogens is 1. The lowest BCUT2D eigenvalue weighted by Crippen LogP contribution is -2.43. The highest BCUT2D eigenvalue weighted by Gasteiger charge is 2.47. The lowest BCUT2D eigenvalue weighted by Gasteiger charge is -2.34. The molecule has 0 spiro atoms. The van der Waals surface area contributed by atoms with Gasteiger partial charge in [0.2, 0.25) is 5.88 Å². The van der Waals surface area contributed by atoms with E-state index in [0.717, 1.165) is 0 Å². The fraction of sp³-hybridized carbons (Fsp3) is 0.438. The third-order valence-electron chi connectivity index (χ3n) is 3.41. The molecule has 0 saturated heterocycles. The zero-order valence-electron chi connectivity index (χ0n) is 13.0. The number of rotatable bonds is 6. The number of alkyl halides is 5. The predicted molar refractivity (Wildman–Crippen MR) is 79.7 cm³/mol. The van der Waals surface area contributed by atoms with Gasteiger partial charge in [-0.1, -0.05) is 6.58 Å². The van der Waals surface area contributed by atoms with E-state index in [1.165, 1.54) is 25.3 Å². The highest BCUT2D eigenvalue weighted by Crippen LogP contribution is 2.39. The van der Waals surface area contributed by atoms with Gasteiger partial charge in [0.05, 0.1) is 0 Å². The second-order valence-electron chi connectivity index (χ2n) is 5.71. The van der Waals surface area contributed by atoms with Gasteiger partial charge in [0.25, 0.3) is 5.92 Å². The minimum Gasteiger partial charge on any atom is -0.474 e. The molecule has 8 heteroatoms. The van der Waals surface area contributed by atoms with Gasteiger partial charge in [-0.3, -0.25) is 0 Å². The van der Waals surface area contributed by atoms with Crippen LogP contribution in [-0.4, -0.2) is 29.7 Å². The third kappa shape index (κ3) is 5.50. The van der Waals surface area contributed by atoms with Crippen LogP contribution in [0.1, 0.15) is 25.3 Å². The predicted octanol–water partition coefficient (Wildman–Crippen LogP) is 4.33. The quantitative estimate of drug-likeness (QED) is 0.614. The molecule has 0 atom stereocenters. The Kier molecular flexibility index (Phi) is 5.15. The van der Waals surface area contributed by atoms with Crippen LogP contribution in [0.15, 0.2) is 36.7 Å². The molecule has 1 N–H and O–H groups in total. The summed E-state index contributed by atoms with van der Waals surface area (Å²) >= 11 is 0. The summed E-state index contributed by atoms with van der Waals surface area (Å²) in [5.74, 6) is -2.44. The topological polar surface area (TPSA) is 34.1 Å². The van der Waals surface area contributed by atoms with Gasteiger partial charge in [0, 0.05) is 30.8 Å². The van der Waals surface area contributed by atoms with E-state index < -0.39 is 24.7 Å². The minimum atomic E-state index is -4.30. The Balaban J connectivity index is 1.89. The minimum absolute atomic E-state index is 0.225. The number of allylic oxidation sites excluding steroid dienone is 3. The van der Waals surface area contributed by atoms with Crippen molar-refractivity contribution in [2.24, 2.45) is 0 Å². The number of hydrogen-bond donors (Lipinski definition) is 1. The summed E-state index contributed by atoms with van der Waals surface area (Å²) in [6.07, 6.45) is -2.59. The Morgan fingerprint density at radius 3 is 2.58 bits per heavy atom. The second kappa shape index (κ2) is 6.78. The maximum absolute atomic E-state index is 12.7. The first-order valence-electron chi connectivity index (χ1n) is 7.23. The van der Waals surface area contributed by atoms with E-state index in [-0.39, 0.29) is 18.7 Å². The molecule has 0 radical (unpaired) electrons. The van der Waals surface area contributed by atoms with E-state index in [9.17, 15) is 22.0 Å². The van der Waals surface area contributed by atoms with Gasteiger partial charge in [-0.25, -0.2) is 13.8 Å². The maximum Gasteiger partial charge on any atom is 0.405 e. The van der Waals surface area contributed by atoms with E-state index in [1.807, 2.05) is 0 Å². The van der Waals surface area contributed by atoms with Crippen LogP contribution in [0.4, 0.5) is 22.0 Å². The molecule has 0 aliphatic heterocycles. The monoisotopic (exact) mass is 348 g/mol. The Morgan fingerprint density at radius 2 is 2.08 bits per heavy atom. The maximum atomic E-state index is 12.7. The average molecular weight is 348 g/mol. The summed E-state index contributed by atoms with van der Waals surface area (Å²) in [5, 5.41) is 2.24. The lowest BCUT2D eigenvalue weighted by atomic mass is 9.91. The number of ether oxygens (including phenoxy) is 1. The smallest absolute Gasteiger partial charge is 0.405 e. The zero-order valence-corrected chi connectivity index (χ0v) is 13.0. The molecule has 0 amide bonds. The fourth-order valence-electron chi connectivity index (χ4n) is 2.14. The van der Waals surface area contributed by atoms with E-state index >= 15 is 0 Å². The lowest BCUT2D eigenvalue weighted by molar-refractivity contribution is -0.135. The molecule has 1 heterocycles. The molecule has 1 fully saturated rings. The van der Waals surface area contributed by atoms with E-state index in [4.69, 9.17) is 4.74 Å². The molecule has 132 valence electrons. The van der Waals surface area contributed by atoms with Crippen molar-refractivity contribution in [1.29, 1.82) is 0 Å². The van der Waals surface area contributed by atoms with Crippen LogP contribution in [-0.2, 0) is 0 Å². The SMILES string of the molecule is C=C(/C=C(\C)NCC(F)(F)F)c1ccc(OC2CC(F)(F)C2)nc1. The summed E-state index contributed by atoms with van der Waals surface area (Å²) in [4.78, 5) is 4.00. The van der Waals surface area contributed by atoms with Crippen molar-refractivity contribution in [3.63, 3.8) is 0 Å². The summed E-state index contributed by atoms with van der Waals surface area (Å²) in [5.41, 5.74) is 1.38. The van der Waals surface area contributed by atoms with Gasteiger partial charge in [-0.05, 0) is 30.2 Å². The summed E-state index contributed by atoms with van der Waals surface area (Å²) in [7, 11) is 0. The first kappa shape index (κ1) is 18.2. The van der Waals surface area contributed by atoms with Crippen LogP contribution < -0.4 is 10.1 Å².